The lowest BCUT2D eigenvalue weighted by Gasteiger charge is -2.17. The maximum absolute atomic E-state index is 11.3. The van der Waals surface area contributed by atoms with Crippen LogP contribution in [0.4, 0.5) is 4.79 Å². The van der Waals surface area contributed by atoms with E-state index in [1.807, 2.05) is 13.8 Å². The van der Waals surface area contributed by atoms with E-state index in [-0.39, 0.29) is 12.5 Å². The number of alkyl carbamates (subject to hydrolysis) is 1. The number of rotatable bonds is 6. The van der Waals surface area contributed by atoms with Crippen molar-refractivity contribution in [3.05, 3.63) is 12.7 Å². The molecule has 0 saturated carbocycles. The second-order valence-electron chi connectivity index (χ2n) is 3.74. The van der Waals surface area contributed by atoms with Gasteiger partial charge in [0.2, 0.25) is 0 Å². The number of carbonyl (C=O) groups excluding carboxylic acids is 2. The normalized spacial score (nSPS) is 11.8. The summed E-state index contributed by atoms with van der Waals surface area (Å²) >= 11 is 0. The molecule has 0 saturated heterocycles. The third-order valence-corrected chi connectivity index (χ3v) is 1.82. The van der Waals surface area contributed by atoms with Crippen LogP contribution in [0.15, 0.2) is 12.7 Å². The summed E-state index contributed by atoms with van der Waals surface area (Å²) in [7, 11) is 1.28. The zero-order valence-corrected chi connectivity index (χ0v) is 9.99. The number of carbonyl (C=O) groups is 2. The second kappa shape index (κ2) is 7.73. The quantitative estimate of drug-likeness (QED) is 0.553. The van der Waals surface area contributed by atoms with Crippen molar-refractivity contribution in [3.8, 4) is 0 Å². The van der Waals surface area contributed by atoms with Crippen LogP contribution in [0.1, 0.15) is 20.3 Å². The number of esters is 1. The maximum Gasteiger partial charge on any atom is 0.408 e. The summed E-state index contributed by atoms with van der Waals surface area (Å²) in [5.74, 6) is -0.201. The minimum absolute atomic E-state index is 0.113. The number of ether oxygens (including phenoxy) is 2. The lowest BCUT2D eigenvalue weighted by Crippen LogP contribution is -2.42. The van der Waals surface area contributed by atoms with Crippen molar-refractivity contribution in [2.45, 2.75) is 26.3 Å². The topological polar surface area (TPSA) is 64.6 Å². The molecule has 1 amide bonds. The van der Waals surface area contributed by atoms with Gasteiger partial charge in [-0.05, 0) is 12.3 Å². The Bertz CT molecular complexity index is 250. The fourth-order valence-corrected chi connectivity index (χ4v) is 1.15. The second-order valence-corrected chi connectivity index (χ2v) is 3.74. The van der Waals surface area contributed by atoms with Gasteiger partial charge in [-0.3, -0.25) is 0 Å². The molecule has 1 N–H and O–H groups in total. The van der Waals surface area contributed by atoms with E-state index in [1.54, 1.807) is 0 Å². The van der Waals surface area contributed by atoms with Gasteiger partial charge >= 0.3 is 12.1 Å². The number of hydrogen-bond donors (Lipinski definition) is 1. The Morgan fingerprint density at radius 1 is 1.44 bits per heavy atom. The standard InChI is InChI=1S/C11H19NO4/c1-5-6-16-11(14)12-9(7-8(2)3)10(13)15-4/h5,8-9H,1,6-7H2,2-4H3,(H,12,14). The zero-order valence-electron chi connectivity index (χ0n) is 9.99. The molecular weight excluding hydrogens is 210 g/mol. The Morgan fingerprint density at radius 2 is 2.06 bits per heavy atom. The van der Waals surface area contributed by atoms with Gasteiger partial charge in [0, 0.05) is 0 Å². The monoisotopic (exact) mass is 229 g/mol. The number of amides is 1. The first-order valence-electron chi connectivity index (χ1n) is 5.13. The van der Waals surface area contributed by atoms with E-state index in [9.17, 15) is 9.59 Å². The fraction of sp³-hybridized carbons (Fsp3) is 0.636. The molecule has 0 radical (unpaired) electrons. The zero-order chi connectivity index (χ0) is 12.6. The van der Waals surface area contributed by atoms with Gasteiger partial charge < -0.3 is 14.8 Å². The minimum Gasteiger partial charge on any atom is -0.467 e. The molecule has 0 spiro atoms. The van der Waals surface area contributed by atoms with Crippen LogP contribution in [0.3, 0.4) is 0 Å². The predicted octanol–water partition coefficient (Wildman–Crippen LogP) is 1.49. The summed E-state index contributed by atoms with van der Waals surface area (Å²) in [6.45, 7) is 7.43. The summed E-state index contributed by atoms with van der Waals surface area (Å²) in [4.78, 5) is 22.6. The number of hydrogen-bond acceptors (Lipinski definition) is 4. The van der Waals surface area contributed by atoms with Gasteiger partial charge in [-0.25, -0.2) is 9.59 Å². The van der Waals surface area contributed by atoms with Crippen molar-refractivity contribution in [3.63, 3.8) is 0 Å². The molecular formula is C11H19NO4. The molecule has 0 aliphatic heterocycles. The summed E-state index contributed by atoms with van der Waals surface area (Å²) in [6.07, 6.45) is 1.32. The Kier molecular flexibility index (Phi) is 7.00. The molecule has 92 valence electrons. The molecule has 5 nitrogen and oxygen atoms in total. The van der Waals surface area contributed by atoms with Crippen LogP contribution in [0.25, 0.3) is 0 Å². The highest BCUT2D eigenvalue weighted by Crippen LogP contribution is 2.06. The fourth-order valence-electron chi connectivity index (χ4n) is 1.15. The lowest BCUT2D eigenvalue weighted by atomic mass is 10.0. The van der Waals surface area contributed by atoms with E-state index in [0.29, 0.717) is 6.42 Å². The highest BCUT2D eigenvalue weighted by Gasteiger charge is 2.22. The van der Waals surface area contributed by atoms with E-state index >= 15 is 0 Å². The molecule has 0 aromatic carbocycles. The van der Waals surface area contributed by atoms with Crippen molar-refractivity contribution in [1.82, 2.24) is 5.32 Å². The van der Waals surface area contributed by atoms with Crippen molar-refractivity contribution in [1.29, 1.82) is 0 Å². The lowest BCUT2D eigenvalue weighted by molar-refractivity contribution is -0.143. The van der Waals surface area contributed by atoms with Crippen molar-refractivity contribution in [2.24, 2.45) is 5.92 Å². The molecule has 1 unspecified atom stereocenters. The summed E-state index contributed by atoms with van der Waals surface area (Å²) in [5, 5.41) is 2.45. The van der Waals surface area contributed by atoms with Crippen LogP contribution < -0.4 is 5.32 Å². The number of methoxy groups -OCH3 is 1. The first-order valence-corrected chi connectivity index (χ1v) is 5.13. The van der Waals surface area contributed by atoms with Crippen molar-refractivity contribution in [2.75, 3.05) is 13.7 Å². The van der Waals surface area contributed by atoms with Crippen LogP contribution in [-0.4, -0.2) is 31.8 Å². The molecule has 0 rings (SSSR count). The van der Waals surface area contributed by atoms with E-state index in [0.717, 1.165) is 0 Å². The van der Waals surface area contributed by atoms with Gasteiger partial charge in [-0.1, -0.05) is 26.5 Å². The van der Waals surface area contributed by atoms with Crippen LogP contribution >= 0.6 is 0 Å². The van der Waals surface area contributed by atoms with E-state index < -0.39 is 18.1 Å². The third-order valence-electron chi connectivity index (χ3n) is 1.82. The average Bonchev–Trinajstić information content (AvgIpc) is 2.23. The minimum atomic E-state index is -0.665. The Morgan fingerprint density at radius 3 is 2.50 bits per heavy atom. The molecule has 0 aromatic heterocycles. The summed E-state index contributed by atoms with van der Waals surface area (Å²) in [6, 6.07) is -0.665. The predicted molar refractivity (Wildman–Crippen MR) is 59.9 cm³/mol. The van der Waals surface area contributed by atoms with Crippen LogP contribution in [0, 0.1) is 5.92 Å². The summed E-state index contributed by atoms with van der Waals surface area (Å²) in [5.41, 5.74) is 0. The van der Waals surface area contributed by atoms with E-state index in [2.05, 4.69) is 16.6 Å². The third kappa shape index (κ3) is 6.06. The maximum atomic E-state index is 11.3. The van der Waals surface area contributed by atoms with Gasteiger partial charge in [-0.2, -0.15) is 0 Å². The molecule has 16 heavy (non-hydrogen) atoms. The first-order chi connectivity index (χ1) is 7.51. The van der Waals surface area contributed by atoms with Gasteiger partial charge in [0.1, 0.15) is 12.6 Å². The molecule has 5 heteroatoms. The largest absolute Gasteiger partial charge is 0.467 e. The van der Waals surface area contributed by atoms with Gasteiger partial charge in [0.25, 0.3) is 0 Å². The van der Waals surface area contributed by atoms with Gasteiger partial charge in [-0.15, -0.1) is 0 Å². The van der Waals surface area contributed by atoms with Gasteiger partial charge in [0.15, 0.2) is 0 Å². The highest BCUT2D eigenvalue weighted by molar-refractivity contribution is 5.81. The highest BCUT2D eigenvalue weighted by atomic mass is 16.6. The van der Waals surface area contributed by atoms with Crippen molar-refractivity contribution < 1.29 is 19.1 Å². The van der Waals surface area contributed by atoms with Crippen LogP contribution in [0.5, 0.6) is 0 Å². The van der Waals surface area contributed by atoms with Crippen LogP contribution in [0.2, 0.25) is 0 Å². The Hall–Kier alpha value is -1.52. The van der Waals surface area contributed by atoms with Crippen LogP contribution in [-0.2, 0) is 14.3 Å². The Balaban J connectivity index is 4.24. The molecule has 0 fully saturated rings. The molecule has 0 aromatic rings. The molecule has 0 heterocycles. The van der Waals surface area contributed by atoms with E-state index in [4.69, 9.17) is 4.74 Å². The molecule has 0 aliphatic carbocycles. The smallest absolute Gasteiger partial charge is 0.408 e. The Labute approximate surface area is 95.8 Å². The van der Waals surface area contributed by atoms with Gasteiger partial charge in [0.05, 0.1) is 7.11 Å². The first kappa shape index (κ1) is 14.5. The number of nitrogens with one attached hydrogen (secondary N) is 1. The SMILES string of the molecule is C=CCOC(=O)NC(CC(C)C)C(=O)OC. The molecule has 0 bridgehead atoms. The van der Waals surface area contributed by atoms with Crippen molar-refractivity contribution >= 4 is 12.1 Å². The molecule has 0 aliphatic rings. The summed E-state index contributed by atoms with van der Waals surface area (Å²) < 4.78 is 9.31. The average molecular weight is 229 g/mol. The van der Waals surface area contributed by atoms with E-state index in [1.165, 1.54) is 13.2 Å². The molecule has 1 atom stereocenters.